The van der Waals surface area contributed by atoms with Crippen molar-refractivity contribution in [3.8, 4) is 5.75 Å². The molecule has 0 radical (unpaired) electrons. The van der Waals surface area contributed by atoms with Gasteiger partial charge in [-0.3, -0.25) is 14.4 Å². The Hall–Kier alpha value is -1.88. The molecule has 1 amide bonds. The third-order valence-corrected chi connectivity index (χ3v) is 1.97. The Morgan fingerprint density at radius 1 is 1.24 bits per heavy atom. The first-order valence-corrected chi connectivity index (χ1v) is 5.08. The van der Waals surface area contributed by atoms with E-state index in [1.54, 1.807) is 0 Å². The molecule has 0 bridgehead atoms. The fourth-order valence-electron chi connectivity index (χ4n) is 1.21. The lowest BCUT2D eigenvalue weighted by molar-refractivity contribution is -0.131. The first kappa shape index (κ1) is 13.2. The van der Waals surface area contributed by atoms with Crippen LogP contribution in [0.5, 0.6) is 5.75 Å². The minimum Gasteiger partial charge on any atom is -0.426 e. The Morgan fingerprint density at radius 2 is 1.88 bits per heavy atom. The first-order valence-electron chi connectivity index (χ1n) is 4.70. The van der Waals surface area contributed by atoms with Crippen LogP contribution in [0.2, 0.25) is 0 Å². The molecule has 90 valence electrons. The van der Waals surface area contributed by atoms with Gasteiger partial charge in [-0.15, -0.1) is 0 Å². The summed E-state index contributed by atoms with van der Waals surface area (Å²) >= 11 is 5.33. The van der Waals surface area contributed by atoms with Gasteiger partial charge in [0.1, 0.15) is 5.75 Å². The number of halogens is 1. The van der Waals surface area contributed by atoms with Crippen LogP contribution in [0.3, 0.4) is 0 Å². The van der Waals surface area contributed by atoms with E-state index in [1.165, 1.54) is 32.0 Å². The van der Waals surface area contributed by atoms with Crippen molar-refractivity contribution in [2.24, 2.45) is 0 Å². The Bertz CT molecular complexity index is 484. The van der Waals surface area contributed by atoms with Gasteiger partial charge in [-0.2, -0.15) is 0 Å². The van der Waals surface area contributed by atoms with Crippen LogP contribution in [0.25, 0.3) is 0 Å². The van der Waals surface area contributed by atoms with Gasteiger partial charge in [0.15, 0.2) is 0 Å². The molecule has 1 aromatic carbocycles. The van der Waals surface area contributed by atoms with Gasteiger partial charge in [0.2, 0.25) is 5.91 Å². The van der Waals surface area contributed by atoms with Crippen molar-refractivity contribution in [3.05, 3.63) is 23.8 Å². The molecular formula is C11H10ClNO4. The number of amides is 1. The Balaban J connectivity index is 3.13. The standard InChI is InChI=1S/C11H10ClNO4/c1-6(14)13-8-3-4-9(11(12)16)10(5-8)17-7(2)15/h3-5H,1-2H3,(H,13,14). The maximum Gasteiger partial charge on any atom is 0.308 e. The maximum absolute atomic E-state index is 11.1. The molecule has 17 heavy (non-hydrogen) atoms. The highest BCUT2D eigenvalue weighted by atomic mass is 35.5. The number of benzene rings is 1. The average molecular weight is 256 g/mol. The zero-order valence-corrected chi connectivity index (χ0v) is 10.00. The lowest BCUT2D eigenvalue weighted by Crippen LogP contribution is -2.09. The molecule has 0 fully saturated rings. The molecule has 0 aliphatic carbocycles. The van der Waals surface area contributed by atoms with E-state index in [1.807, 2.05) is 0 Å². The molecule has 0 aliphatic heterocycles. The van der Waals surface area contributed by atoms with E-state index in [2.05, 4.69) is 5.32 Å². The molecule has 1 aromatic rings. The number of carbonyl (C=O) groups is 3. The molecule has 0 saturated heterocycles. The van der Waals surface area contributed by atoms with E-state index in [-0.39, 0.29) is 17.2 Å². The van der Waals surface area contributed by atoms with Crippen molar-refractivity contribution in [1.82, 2.24) is 0 Å². The lowest BCUT2D eigenvalue weighted by Gasteiger charge is -2.08. The molecule has 6 heteroatoms. The maximum atomic E-state index is 11.1. The third kappa shape index (κ3) is 3.88. The highest BCUT2D eigenvalue weighted by Gasteiger charge is 2.13. The highest BCUT2D eigenvalue weighted by molar-refractivity contribution is 6.68. The summed E-state index contributed by atoms with van der Waals surface area (Å²) in [5.41, 5.74) is 0.478. The van der Waals surface area contributed by atoms with Gasteiger partial charge in [-0.05, 0) is 23.7 Å². The average Bonchev–Trinajstić information content (AvgIpc) is 2.15. The number of carbonyl (C=O) groups excluding carboxylic acids is 3. The van der Waals surface area contributed by atoms with Gasteiger partial charge in [-0.25, -0.2) is 0 Å². The molecule has 0 heterocycles. The molecule has 1 N–H and O–H groups in total. The molecule has 0 aliphatic rings. The summed E-state index contributed by atoms with van der Waals surface area (Å²) in [4.78, 5) is 32.8. The first-order chi connectivity index (χ1) is 7.90. The van der Waals surface area contributed by atoms with Crippen molar-refractivity contribution in [1.29, 1.82) is 0 Å². The quantitative estimate of drug-likeness (QED) is 0.509. The largest absolute Gasteiger partial charge is 0.426 e. The fourth-order valence-corrected chi connectivity index (χ4v) is 1.36. The summed E-state index contributed by atoms with van der Waals surface area (Å²) in [5, 5.41) is 1.76. The normalized spacial score (nSPS) is 9.59. The molecule has 1 rings (SSSR count). The van der Waals surface area contributed by atoms with E-state index >= 15 is 0 Å². The Kier molecular flexibility index (Phi) is 4.23. The highest BCUT2D eigenvalue weighted by Crippen LogP contribution is 2.25. The van der Waals surface area contributed by atoms with Crippen molar-refractivity contribution >= 4 is 34.4 Å². The number of nitrogens with one attached hydrogen (secondary N) is 1. The molecule has 0 saturated carbocycles. The van der Waals surface area contributed by atoms with Gasteiger partial charge >= 0.3 is 5.97 Å². The number of ether oxygens (including phenoxy) is 1. The minimum absolute atomic E-state index is 0.0174. The third-order valence-electron chi connectivity index (χ3n) is 1.77. The second-order valence-electron chi connectivity index (χ2n) is 3.26. The number of esters is 1. The van der Waals surface area contributed by atoms with Crippen molar-refractivity contribution in [3.63, 3.8) is 0 Å². The van der Waals surface area contributed by atoms with Crippen LogP contribution in [0, 0.1) is 0 Å². The summed E-state index contributed by atoms with van der Waals surface area (Å²) in [6.07, 6.45) is 0. The van der Waals surface area contributed by atoms with Gasteiger partial charge < -0.3 is 10.1 Å². The predicted octanol–water partition coefficient (Wildman–Crippen LogP) is 1.95. The van der Waals surface area contributed by atoms with E-state index in [4.69, 9.17) is 16.3 Å². The molecule has 5 nitrogen and oxygen atoms in total. The summed E-state index contributed by atoms with van der Waals surface area (Å²) < 4.78 is 4.83. The van der Waals surface area contributed by atoms with E-state index < -0.39 is 11.2 Å². The van der Waals surface area contributed by atoms with E-state index in [9.17, 15) is 14.4 Å². The number of rotatable bonds is 3. The van der Waals surface area contributed by atoms with Crippen LogP contribution >= 0.6 is 11.6 Å². The summed E-state index contributed by atoms with van der Waals surface area (Å²) in [7, 11) is 0. The molecule has 0 aromatic heterocycles. The minimum atomic E-state index is -0.740. The van der Waals surface area contributed by atoms with E-state index in [0.29, 0.717) is 5.69 Å². The van der Waals surface area contributed by atoms with Gasteiger partial charge in [0.25, 0.3) is 5.24 Å². The second kappa shape index (κ2) is 5.45. The second-order valence-corrected chi connectivity index (χ2v) is 3.60. The van der Waals surface area contributed by atoms with Crippen LogP contribution < -0.4 is 10.1 Å². The van der Waals surface area contributed by atoms with Crippen LogP contribution in [0.1, 0.15) is 24.2 Å². The zero-order valence-electron chi connectivity index (χ0n) is 9.24. The van der Waals surface area contributed by atoms with Crippen LogP contribution in [0.15, 0.2) is 18.2 Å². The Morgan fingerprint density at radius 3 is 2.35 bits per heavy atom. The number of hydrogen-bond acceptors (Lipinski definition) is 4. The zero-order chi connectivity index (χ0) is 13.0. The van der Waals surface area contributed by atoms with Crippen LogP contribution in [-0.4, -0.2) is 17.1 Å². The predicted molar refractivity (Wildman–Crippen MR) is 62.2 cm³/mol. The molecule has 0 atom stereocenters. The van der Waals surface area contributed by atoms with Crippen LogP contribution in [0.4, 0.5) is 5.69 Å². The number of hydrogen-bond donors (Lipinski definition) is 1. The summed E-state index contributed by atoms with van der Waals surface area (Å²) in [6, 6.07) is 4.22. The van der Waals surface area contributed by atoms with E-state index in [0.717, 1.165) is 0 Å². The van der Waals surface area contributed by atoms with Gasteiger partial charge in [0.05, 0.1) is 5.56 Å². The van der Waals surface area contributed by atoms with Crippen molar-refractivity contribution in [2.45, 2.75) is 13.8 Å². The van der Waals surface area contributed by atoms with Gasteiger partial charge in [0, 0.05) is 25.6 Å². The number of anilines is 1. The molecule has 0 spiro atoms. The van der Waals surface area contributed by atoms with Crippen molar-refractivity contribution < 1.29 is 19.1 Å². The topological polar surface area (TPSA) is 72.5 Å². The molecular weight excluding hydrogens is 246 g/mol. The van der Waals surface area contributed by atoms with Gasteiger partial charge in [-0.1, -0.05) is 0 Å². The summed E-state index contributed by atoms with van der Waals surface area (Å²) in [6.45, 7) is 2.54. The monoisotopic (exact) mass is 255 g/mol. The van der Waals surface area contributed by atoms with Crippen LogP contribution in [-0.2, 0) is 9.59 Å². The summed E-state index contributed by atoms with van der Waals surface area (Å²) in [5.74, 6) is -0.836. The smallest absolute Gasteiger partial charge is 0.308 e. The molecule has 0 unspecified atom stereocenters. The fraction of sp³-hybridized carbons (Fsp3) is 0.182. The van der Waals surface area contributed by atoms with Crippen molar-refractivity contribution in [2.75, 3.05) is 5.32 Å². The Labute approximate surface area is 103 Å². The SMILES string of the molecule is CC(=O)Nc1ccc(C(=O)Cl)c(OC(C)=O)c1. The lowest BCUT2D eigenvalue weighted by atomic mass is 10.2.